The maximum Gasteiger partial charge on any atom is 0.486 e. The molecule has 0 fully saturated rings. The minimum atomic E-state index is -0.211. The van der Waals surface area contributed by atoms with Crippen molar-refractivity contribution in [2.75, 3.05) is 0 Å². The Morgan fingerprint density at radius 3 is 1.57 bits per heavy atom. The summed E-state index contributed by atoms with van der Waals surface area (Å²) in [5.74, 6) is 2.52. The highest BCUT2D eigenvalue weighted by atomic mass is 16.6. The summed E-state index contributed by atoms with van der Waals surface area (Å²) in [4.78, 5) is 0. The van der Waals surface area contributed by atoms with Gasteiger partial charge in [0.15, 0.2) is 0 Å². The minimum Gasteiger partial charge on any atom is -0.405 e. The predicted molar refractivity (Wildman–Crippen MR) is 62.2 cm³/mol. The van der Waals surface area contributed by atoms with E-state index in [1.165, 1.54) is 0 Å². The van der Waals surface area contributed by atoms with E-state index in [1.54, 1.807) is 0 Å². The molecular weight excluding hydrogens is 175 g/mol. The number of rotatable bonds is 6. The lowest BCUT2D eigenvalue weighted by Crippen LogP contribution is -2.27. The van der Waals surface area contributed by atoms with E-state index >= 15 is 0 Å². The SMILES string of the molecule is CC(C)/C=C/B(OC(C)C)OC(C)C. The molecule has 0 N–H and O–H groups in total. The van der Waals surface area contributed by atoms with Crippen molar-refractivity contribution in [3.05, 3.63) is 12.1 Å². The second kappa shape index (κ2) is 7.07. The molecule has 0 aromatic rings. The van der Waals surface area contributed by atoms with Crippen LogP contribution in [-0.4, -0.2) is 19.3 Å². The van der Waals surface area contributed by atoms with E-state index < -0.39 is 0 Å². The molecule has 0 aliphatic heterocycles. The lowest BCUT2D eigenvalue weighted by atomic mass is 9.87. The molecule has 0 saturated carbocycles. The molecule has 0 radical (unpaired) electrons. The molecule has 0 aliphatic rings. The smallest absolute Gasteiger partial charge is 0.405 e. The van der Waals surface area contributed by atoms with Gasteiger partial charge in [0.2, 0.25) is 0 Å². The molecule has 3 heteroatoms. The first-order valence-electron chi connectivity index (χ1n) is 5.41. The second-order valence-corrected chi connectivity index (χ2v) is 4.37. The summed E-state index contributed by atoms with van der Waals surface area (Å²) in [5, 5.41) is 0. The zero-order valence-corrected chi connectivity index (χ0v) is 10.3. The van der Waals surface area contributed by atoms with E-state index in [1.807, 2.05) is 33.7 Å². The van der Waals surface area contributed by atoms with Crippen LogP contribution in [0.1, 0.15) is 41.5 Å². The monoisotopic (exact) mass is 198 g/mol. The van der Waals surface area contributed by atoms with Crippen LogP contribution in [0.4, 0.5) is 0 Å². The standard InChI is InChI=1S/C11H23BO2/c1-9(2)7-8-12(13-10(3)4)14-11(5)6/h7-11H,1-6H3/b8-7+. The molecule has 0 rings (SSSR count). The fourth-order valence-corrected chi connectivity index (χ4v) is 0.972. The Labute approximate surface area is 88.8 Å². The van der Waals surface area contributed by atoms with Gasteiger partial charge in [0.25, 0.3) is 0 Å². The van der Waals surface area contributed by atoms with E-state index in [2.05, 4.69) is 19.9 Å². The van der Waals surface area contributed by atoms with Crippen molar-refractivity contribution in [1.82, 2.24) is 0 Å². The Kier molecular flexibility index (Phi) is 6.94. The summed E-state index contributed by atoms with van der Waals surface area (Å²) in [6.07, 6.45) is 2.49. The molecule has 0 aliphatic carbocycles. The molecule has 2 nitrogen and oxygen atoms in total. The molecule has 0 bridgehead atoms. The average Bonchev–Trinajstić information content (AvgIpc) is 1.97. The highest BCUT2D eigenvalue weighted by Crippen LogP contribution is 2.03. The average molecular weight is 198 g/mol. The minimum absolute atomic E-state index is 0.190. The van der Waals surface area contributed by atoms with E-state index in [-0.39, 0.29) is 19.3 Å². The van der Waals surface area contributed by atoms with Gasteiger partial charge in [-0.2, -0.15) is 0 Å². The van der Waals surface area contributed by atoms with Crippen molar-refractivity contribution >= 4 is 7.12 Å². The normalized spacial score (nSPS) is 12.4. The fourth-order valence-electron chi connectivity index (χ4n) is 0.972. The van der Waals surface area contributed by atoms with Crippen LogP contribution < -0.4 is 0 Å². The van der Waals surface area contributed by atoms with Crippen LogP contribution in [0.5, 0.6) is 0 Å². The Morgan fingerprint density at radius 1 is 0.857 bits per heavy atom. The Morgan fingerprint density at radius 2 is 1.29 bits per heavy atom. The van der Waals surface area contributed by atoms with Gasteiger partial charge in [0, 0.05) is 12.2 Å². The molecule has 0 heterocycles. The van der Waals surface area contributed by atoms with Crippen LogP contribution in [0.2, 0.25) is 0 Å². The van der Waals surface area contributed by atoms with Crippen molar-refractivity contribution in [1.29, 1.82) is 0 Å². The van der Waals surface area contributed by atoms with E-state index in [4.69, 9.17) is 9.31 Å². The molecule has 82 valence electrons. The third kappa shape index (κ3) is 8.33. The van der Waals surface area contributed by atoms with Crippen LogP contribution in [-0.2, 0) is 9.31 Å². The van der Waals surface area contributed by atoms with Gasteiger partial charge in [0.1, 0.15) is 0 Å². The summed E-state index contributed by atoms with van der Waals surface area (Å²) in [6, 6.07) is 0. The van der Waals surface area contributed by atoms with E-state index in [0.29, 0.717) is 5.92 Å². The van der Waals surface area contributed by atoms with Gasteiger partial charge in [-0.25, -0.2) is 0 Å². The number of allylic oxidation sites excluding steroid dienone is 1. The van der Waals surface area contributed by atoms with E-state index in [9.17, 15) is 0 Å². The van der Waals surface area contributed by atoms with Gasteiger partial charge in [0.05, 0.1) is 0 Å². The first-order valence-corrected chi connectivity index (χ1v) is 5.41. The first kappa shape index (κ1) is 13.7. The molecule has 14 heavy (non-hydrogen) atoms. The zero-order chi connectivity index (χ0) is 11.1. The highest BCUT2D eigenvalue weighted by molar-refractivity contribution is 6.50. The van der Waals surface area contributed by atoms with Crippen molar-refractivity contribution in [2.45, 2.75) is 53.8 Å². The third-order valence-corrected chi connectivity index (χ3v) is 1.47. The van der Waals surface area contributed by atoms with Crippen molar-refractivity contribution < 1.29 is 9.31 Å². The number of hydrogen-bond donors (Lipinski definition) is 0. The van der Waals surface area contributed by atoms with Crippen LogP contribution >= 0.6 is 0 Å². The molecule has 0 aromatic heterocycles. The maximum absolute atomic E-state index is 5.60. The quantitative estimate of drug-likeness (QED) is 0.610. The molecular formula is C11H23BO2. The molecule has 0 atom stereocenters. The van der Waals surface area contributed by atoms with Crippen LogP contribution in [0, 0.1) is 5.92 Å². The molecule has 0 aromatic carbocycles. The van der Waals surface area contributed by atoms with Crippen LogP contribution in [0.25, 0.3) is 0 Å². The molecule has 0 saturated heterocycles. The third-order valence-electron chi connectivity index (χ3n) is 1.47. The molecule has 0 unspecified atom stereocenters. The maximum atomic E-state index is 5.60. The van der Waals surface area contributed by atoms with Crippen LogP contribution in [0.3, 0.4) is 0 Å². The Bertz CT molecular complexity index is 155. The predicted octanol–water partition coefficient (Wildman–Crippen LogP) is 3.08. The number of hydrogen-bond acceptors (Lipinski definition) is 2. The summed E-state index contributed by atoms with van der Waals surface area (Å²) < 4.78 is 11.2. The van der Waals surface area contributed by atoms with Gasteiger partial charge in [-0.3, -0.25) is 0 Å². The molecule has 0 amide bonds. The Hall–Kier alpha value is -0.275. The summed E-state index contributed by atoms with van der Waals surface area (Å²) in [7, 11) is -0.211. The van der Waals surface area contributed by atoms with Gasteiger partial charge in [-0.15, -0.1) is 0 Å². The van der Waals surface area contributed by atoms with Crippen LogP contribution in [0.15, 0.2) is 12.1 Å². The lowest BCUT2D eigenvalue weighted by molar-refractivity contribution is 0.138. The summed E-state index contributed by atoms with van der Waals surface area (Å²) in [5.41, 5.74) is 0. The van der Waals surface area contributed by atoms with Gasteiger partial charge in [-0.1, -0.05) is 25.9 Å². The zero-order valence-electron chi connectivity index (χ0n) is 10.3. The summed E-state index contributed by atoms with van der Waals surface area (Å²) in [6.45, 7) is 12.3. The Balaban J connectivity index is 4.10. The van der Waals surface area contributed by atoms with Gasteiger partial charge >= 0.3 is 7.12 Å². The first-order chi connectivity index (χ1) is 6.41. The second-order valence-electron chi connectivity index (χ2n) is 4.37. The van der Waals surface area contributed by atoms with Gasteiger partial charge in [-0.05, 0) is 33.6 Å². The summed E-state index contributed by atoms with van der Waals surface area (Å²) >= 11 is 0. The van der Waals surface area contributed by atoms with Crippen molar-refractivity contribution in [3.63, 3.8) is 0 Å². The topological polar surface area (TPSA) is 18.5 Å². The van der Waals surface area contributed by atoms with Crippen molar-refractivity contribution in [2.24, 2.45) is 5.92 Å². The molecule has 0 spiro atoms. The fraction of sp³-hybridized carbons (Fsp3) is 0.818. The van der Waals surface area contributed by atoms with Crippen molar-refractivity contribution in [3.8, 4) is 0 Å². The lowest BCUT2D eigenvalue weighted by Gasteiger charge is -2.16. The largest absolute Gasteiger partial charge is 0.486 e. The van der Waals surface area contributed by atoms with E-state index in [0.717, 1.165) is 0 Å². The van der Waals surface area contributed by atoms with Gasteiger partial charge < -0.3 is 9.31 Å². The highest BCUT2D eigenvalue weighted by Gasteiger charge is 2.17.